The van der Waals surface area contributed by atoms with Gasteiger partial charge < -0.3 is 4.74 Å². The van der Waals surface area contributed by atoms with E-state index in [1.54, 1.807) is 0 Å². The van der Waals surface area contributed by atoms with E-state index in [1.165, 1.54) is 12.8 Å². The molecule has 0 radical (unpaired) electrons. The highest BCUT2D eigenvalue weighted by Gasteiger charge is 2.58. The van der Waals surface area contributed by atoms with Gasteiger partial charge in [-0.15, -0.1) is 0 Å². The van der Waals surface area contributed by atoms with Gasteiger partial charge >= 0.3 is 0 Å². The van der Waals surface area contributed by atoms with E-state index in [2.05, 4.69) is 6.92 Å². The Morgan fingerprint density at radius 3 is 2.08 bits per heavy atom. The smallest absolute Gasteiger partial charge is 0.205 e. The highest BCUT2D eigenvalue weighted by molar-refractivity contribution is 4.91. The first-order valence-electron chi connectivity index (χ1n) is 5.29. The molecular weight excluding hydrogens is 168 g/mol. The van der Waals surface area contributed by atoms with Crippen molar-refractivity contribution in [1.82, 2.24) is 0 Å². The normalized spacial score (nSPS) is 54.7. The van der Waals surface area contributed by atoms with E-state index in [4.69, 9.17) is 14.5 Å². The van der Waals surface area contributed by atoms with E-state index in [0.29, 0.717) is 5.92 Å². The maximum Gasteiger partial charge on any atom is 0.205 e. The third-order valence-electron chi connectivity index (χ3n) is 3.40. The van der Waals surface area contributed by atoms with Crippen LogP contribution in [0.3, 0.4) is 0 Å². The Kier molecular flexibility index (Phi) is 1.56. The summed E-state index contributed by atoms with van der Waals surface area (Å²) in [6.07, 6.45) is 6.40. The molecule has 13 heavy (non-hydrogen) atoms. The van der Waals surface area contributed by atoms with E-state index in [1.807, 2.05) is 0 Å². The molecule has 2 unspecified atom stereocenters. The molecule has 0 amide bonds. The fraction of sp³-hybridized carbons (Fsp3) is 1.00. The van der Waals surface area contributed by atoms with Gasteiger partial charge in [0.15, 0.2) is 0 Å². The molecule has 0 aromatic carbocycles. The summed E-state index contributed by atoms with van der Waals surface area (Å²) in [6.45, 7) is 2.26. The van der Waals surface area contributed by atoms with Crippen molar-refractivity contribution >= 4 is 0 Å². The maximum absolute atomic E-state index is 5.96. The summed E-state index contributed by atoms with van der Waals surface area (Å²) < 4.78 is 5.96. The lowest BCUT2D eigenvalue weighted by molar-refractivity contribution is -0.349. The predicted octanol–water partition coefficient (Wildman–Crippen LogP) is 2.36. The molecule has 2 atom stereocenters. The van der Waals surface area contributed by atoms with Crippen LogP contribution in [-0.4, -0.2) is 11.6 Å². The van der Waals surface area contributed by atoms with E-state index >= 15 is 0 Å². The Bertz CT molecular complexity index is 200. The minimum Gasteiger partial charge on any atom is -0.312 e. The predicted molar refractivity (Wildman–Crippen MR) is 45.6 cm³/mol. The van der Waals surface area contributed by atoms with Crippen LogP contribution in [0.2, 0.25) is 0 Å². The third kappa shape index (κ3) is 1.14. The molecule has 0 aliphatic carbocycles. The lowest BCUT2D eigenvalue weighted by Crippen LogP contribution is -2.42. The second-order valence-electron chi connectivity index (χ2n) is 4.81. The largest absolute Gasteiger partial charge is 0.312 e. The molecule has 3 fully saturated rings. The van der Waals surface area contributed by atoms with Gasteiger partial charge in [-0.3, -0.25) is 0 Å². The van der Waals surface area contributed by atoms with Crippen molar-refractivity contribution in [2.75, 3.05) is 0 Å². The van der Waals surface area contributed by atoms with Gasteiger partial charge in [0.25, 0.3) is 0 Å². The van der Waals surface area contributed by atoms with Crippen LogP contribution in [-0.2, 0) is 14.5 Å². The fourth-order valence-corrected chi connectivity index (χ4v) is 2.99. The first kappa shape index (κ1) is 8.21. The van der Waals surface area contributed by atoms with Gasteiger partial charge in [-0.25, -0.2) is 0 Å². The summed E-state index contributed by atoms with van der Waals surface area (Å²) in [4.78, 5) is 10.8. The molecular formula is C10H16O3. The van der Waals surface area contributed by atoms with Crippen molar-refractivity contribution in [3.63, 3.8) is 0 Å². The SMILES string of the molecule is CC1CC23CCCCC(C1)(OO2)O3. The zero-order chi connectivity index (χ0) is 8.94. The fourth-order valence-electron chi connectivity index (χ4n) is 2.99. The molecule has 0 aromatic heterocycles. The Hall–Kier alpha value is -0.120. The second kappa shape index (κ2) is 2.47. The van der Waals surface area contributed by atoms with E-state index in [9.17, 15) is 0 Å². The molecule has 3 rings (SSSR count). The third-order valence-corrected chi connectivity index (χ3v) is 3.40. The molecule has 3 aliphatic heterocycles. The van der Waals surface area contributed by atoms with Crippen LogP contribution in [0.25, 0.3) is 0 Å². The highest BCUT2D eigenvalue weighted by atomic mass is 17.3. The number of hydrogen-bond donors (Lipinski definition) is 0. The van der Waals surface area contributed by atoms with Crippen LogP contribution in [0.4, 0.5) is 0 Å². The number of hydrogen-bond acceptors (Lipinski definition) is 3. The molecule has 2 bridgehead atoms. The van der Waals surface area contributed by atoms with E-state index < -0.39 is 0 Å². The molecule has 3 saturated heterocycles. The lowest BCUT2D eigenvalue weighted by atomic mass is 9.89. The van der Waals surface area contributed by atoms with E-state index in [0.717, 1.165) is 25.7 Å². The first-order chi connectivity index (χ1) is 6.22. The molecule has 0 spiro atoms. The summed E-state index contributed by atoms with van der Waals surface area (Å²) in [5, 5.41) is 0. The van der Waals surface area contributed by atoms with Gasteiger partial charge in [0.2, 0.25) is 11.6 Å². The quantitative estimate of drug-likeness (QED) is 0.541. The van der Waals surface area contributed by atoms with Crippen LogP contribution in [0.1, 0.15) is 45.4 Å². The van der Waals surface area contributed by atoms with Crippen LogP contribution in [0, 0.1) is 5.92 Å². The van der Waals surface area contributed by atoms with Crippen molar-refractivity contribution in [2.45, 2.75) is 57.0 Å². The highest BCUT2D eigenvalue weighted by Crippen LogP contribution is 2.52. The molecule has 3 heteroatoms. The summed E-state index contributed by atoms with van der Waals surface area (Å²) >= 11 is 0. The van der Waals surface area contributed by atoms with Crippen LogP contribution in [0.15, 0.2) is 0 Å². The zero-order valence-corrected chi connectivity index (χ0v) is 8.04. The van der Waals surface area contributed by atoms with Crippen LogP contribution in [0.5, 0.6) is 0 Å². The molecule has 0 aromatic rings. The van der Waals surface area contributed by atoms with Crippen molar-refractivity contribution in [1.29, 1.82) is 0 Å². The van der Waals surface area contributed by atoms with Crippen LogP contribution < -0.4 is 0 Å². The molecule has 0 N–H and O–H groups in total. The van der Waals surface area contributed by atoms with Gasteiger partial charge in [-0.1, -0.05) is 6.92 Å². The average Bonchev–Trinajstić information content (AvgIpc) is 2.24. The number of rotatable bonds is 0. The Labute approximate surface area is 78.3 Å². The standard InChI is InChI=1S/C10H16O3/c1-8-6-9-4-2-3-5-10(7-8,11-9)13-12-9/h8H,2-7H2,1H3. The number of ether oxygens (including phenoxy) is 1. The summed E-state index contributed by atoms with van der Waals surface area (Å²) in [6, 6.07) is 0. The van der Waals surface area contributed by atoms with Crippen molar-refractivity contribution in [3.8, 4) is 0 Å². The summed E-state index contributed by atoms with van der Waals surface area (Å²) in [7, 11) is 0. The van der Waals surface area contributed by atoms with Crippen molar-refractivity contribution in [3.05, 3.63) is 0 Å². The van der Waals surface area contributed by atoms with Crippen molar-refractivity contribution < 1.29 is 14.5 Å². The van der Waals surface area contributed by atoms with E-state index in [-0.39, 0.29) is 11.6 Å². The zero-order valence-electron chi connectivity index (χ0n) is 8.04. The van der Waals surface area contributed by atoms with Crippen molar-refractivity contribution in [2.24, 2.45) is 5.92 Å². The van der Waals surface area contributed by atoms with Gasteiger partial charge in [-0.2, -0.15) is 9.78 Å². The summed E-state index contributed by atoms with van der Waals surface area (Å²) in [5.41, 5.74) is 0. The minimum absolute atomic E-state index is 0.381. The minimum atomic E-state index is -0.381. The topological polar surface area (TPSA) is 27.7 Å². The monoisotopic (exact) mass is 184 g/mol. The summed E-state index contributed by atoms with van der Waals surface area (Å²) in [5.74, 6) is -0.100. The Balaban J connectivity index is 1.96. The van der Waals surface area contributed by atoms with Crippen LogP contribution >= 0.6 is 0 Å². The molecule has 3 heterocycles. The molecule has 3 aliphatic rings. The Morgan fingerprint density at radius 2 is 1.54 bits per heavy atom. The van der Waals surface area contributed by atoms with Gasteiger partial charge in [0.05, 0.1) is 0 Å². The Morgan fingerprint density at radius 1 is 1.00 bits per heavy atom. The maximum atomic E-state index is 5.96. The first-order valence-corrected chi connectivity index (χ1v) is 5.29. The molecule has 3 nitrogen and oxygen atoms in total. The second-order valence-corrected chi connectivity index (χ2v) is 4.81. The molecule has 74 valence electrons. The van der Waals surface area contributed by atoms with Gasteiger partial charge in [0.1, 0.15) is 0 Å². The average molecular weight is 184 g/mol. The van der Waals surface area contributed by atoms with Gasteiger partial charge in [-0.05, 0) is 18.8 Å². The molecule has 0 saturated carbocycles. The lowest BCUT2D eigenvalue weighted by Gasteiger charge is -2.35. The van der Waals surface area contributed by atoms with Gasteiger partial charge in [0, 0.05) is 25.7 Å².